The van der Waals surface area contributed by atoms with Crippen molar-refractivity contribution in [2.45, 2.75) is 75.8 Å². The predicted octanol–water partition coefficient (Wildman–Crippen LogP) is 6.46. The number of anilines is 5. The number of alkyl halides is 2. The maximum absolute atomic E-state index is 15.2. The number of nitrogens with one attached hydrogen (secondary N) is 4. The van der Waals surface area contributed by atoms with Crippen LogP contribution in [0.15, 0.2) is 47.4 Å². The van der Waals surface area contributed by atoms with Crippen molar-refractivity contribution in [1.82, 2.24) is 29.6 Å². The standard InChI is InChI=1S/C42H45ClF2N10O4/c1-21-16-41(13-12-29(21)47-24-6-8-25-31(15-24)54(3)52-33(25)26-9-11-32(56)49-38(26)57)18-55(19-41)40-46-17-28(43)37(51-40)48-23-7-10-30-27(14-23)34-35(39(58)53(30)2)59-20-42(44,45)36(50-34)22-4-5-22/h6-8,10,14-15,17,21-22,26,29,36,47,50H,4-5,9,11-13,16,18-20H2,1-3H3,(H,46,48,51)(H,49,56,57)/t21-,26?,29-,36+/m1/s1. The zero-order chi connectivity index (χ0) is 41.0. The van der Waals surface area contributed by atoms with E-state index in [1.54, 1.807) is 31.4 Å². The van der Waals surface area contributed by atoms with E-state index in [0.717, 1.165) is 48.9 Å². The molecule has 1 spiro atoms. The van der Waals surface area contributed by atoms with Crippen LogP contribution in [0.2, 0.25) is 5.02 Å². The van der Waals surface area contributed by atoms with Gasteiger partial charge in [0, 0.05) is 67.2 Å². The third-order valence-electron chi connectivity index (χ3n) is 13.2. The largest absolute Gasteiger partial charge is 0.480 e. The Bertz CT molecular complexity index is 2620. The number of carbonyl (C=O) groups excluding carboxylic acids is 2. The van der Waals surface area contributed by atoms with E-state index >= 15 is 8.78 Å². The maximum Gasteiger partial charge on any atom is 0.301 e. The lowest BCUT2D eigenvalue weighted by molar-refractivity contribution is -0.134. The van der Waals surface area contributed by atoms with Crippen LogP contribution >= 0.6 is 11.6 Å². The highest BCUT2D eigenvalue weighted by molar-refractivity contribution is 6.33. The lowest BCUT2D eigenvalue weighted by Crippen LogP contribution is -2.60. The lowest BCUT2D eigenvalue weighted by atomic mass is 9.64. The van der Waals surface area contributed by atoms with Crippen molar-refractivity contribution >= 4 is 74.0 Å². The van der Waals surface area contributed by atoms with Crippen molar-refractivity contribution in [2.24, 2.45) is 31.3 Å². The van der Waals surface area contributed by atoms with E-state index in [4.69, 9.17) is 26.4 Å². The minimum absolute atomic E-state index is 0.110. The molecule has 3 aliphatic heterocycles. The molecule has 1 unspecified atom stereocenters. The summed E-state index contributed by atoms with van der Waals surface area (Å²) in [6, 6.07) is 10.7. The van der Waals surface area contributed by atoms with Crippen LogP contribution in [-0.2, 0) is 23.7 Å². The fraction of sp³-hybridized carbons (Fsp3) is 0.476. The summed E-state index contributed by atoms with van der Waals surface area (Å²) >= 11 is 6.63. The second-order valence-electron chi connectivity index (χ2n) is 17.4. The summed E-state index contributed by atoms with van der Waals surface area (Å²) in [5.74, 6) is -3.01. The number of amides is 2. The zero-order valence-corrected chi connectivity index (χ0v) is 33.7. The Morgan fingerprint density at radius 2 is 1.78 bits per heavy atom. The number of aryl methyl sites for hydroxylation is 2. The summed E-state index contributed by atoms with van der Waals surface area (Å²) in [6.45, 7) is 3.08. The van der Waals surface area contributed by atoms with E-state index in [9.17, 15) is 14.4 Å². The molecule has 0 bridgehead atoms. The van der Waals surface area contributed by atoms with E-state index in [0.29, 0.717) is 70.7 Å². The molecule has 10 rings (SSSR count). The quantitative estimate of drug-likeness (QED) is 0.134. The van der Waals surface area contributed by atoms with Crippen molar-refractivity contribution in [3.63, 3.8) is 0 Å². The molecule has 59 heavy (non-hydrogen) atoms. The number of benzene rings is 2. The average molecular weight is 827 g/mol. The summed E-state index contributed by atoms with van der Waals surface area (Å²) in [7, 11) is 3.48. The normalized spacial score (nSPS) is 24.8. The number of nitrogens with zero attached hydrogens (tertiary/aromatic N) is 6. The molecule has 2 amide bonds. The molecule has 2 saturated heterocycles. The fourth-order valence-electron chi connectivity index (χ4n) is 9.90. The molecular weight excluding hydrogens is 782 g/mol. The molecule has 17 heteroatoms. The number of rotatable bonds is 7. The van der Waals surface area contributed by atoms with Gasteiger partial charge >= 0.3 is 5.92 Å². The Morgan fingerprint density at radius 3 is 2.54 bits per heavy atom. The van der Waals surface area contributed by atoms with Crippen LogP contribution in [0.4, 0.5) is 37.6 Å². The number of hydrogen-bond donors (Lipinski definition) is 4. The van der Waals surface area contributed by atoms with Gasteiger partial charge in [-0.05, 0) is 86.8 Å². The van der Waals surface area contributed by atoms with Crippen LogP contribution in [0, 0.1) is 17.3 Å². The first kappa shape index (κ1) is 37.7. The third kappa shape index (κ3) is 6.59. The van der Waals surface area contributed by atoms with Gasteiger partial charge in [0.15, 0.2) is 12.4 Å². The Hall–Kier alpha value is -5.51. The number of fused-ring (bicyclic) bond motifs is 4. The average Bonchev–Trinajstić information content (AvgIpc) is 4.00. The molecule has 5 aliphatic rings. The van der Waals surface area contributed by atoms with E-state index in [1.807, 2.05) is 17.8 Å². The van der Waals surface area contributed by atoms with E-state index in [1.165, 1.54) is 4.57 Å². The maximum atomic E-state index is 15.2. The number of imide groups is 1. The second-order valence-corrected chi connectivity index (χ2v) is 17.8. The summed E-state index contributed by atoms with van der Waals surface area (Å²) in [5.41, 5.74) is 3.78. The number of hydrogen-bond acceptors (Lipinski definition) is 11. The molecule has 2 saturated carbocycles. The Labute approximate surface area is 343 Å². The van der Waals surface area contributed by atoms with E-state index < -0.39 is 30.0 Å². The highest BCUT2D eigenvalue weighted by atomic mass is 35.5. The number of aromatic nitrogens is 5. The molecule has 4 N–H and O–H groups in total. The van der Waals surface area contributed by atoms with Crippen LogP contribution in [-0.4, -0.2) is 73.8 Å². The number of halogens is 3. The summed E-state index contributed by atoms with van der Waals surface area (Å²) in [6.07, 6.45) is 6.85. The van der Waals surface area contributed by atoms with Gasteiger partial charge < -0.3 is 30.2 Å². The van der Waals surface area contributed by atoms with Gasteiger partial charge in [0.25, 0.3) is 5.56 Å². The molecule has 4 atom stereocenters. The molecule has 4 fully saturated rings. The summed E-state index contributed by atoms with van der Waals surface area (Å²) in [4.78, 5) is 49.1. The van der Waals surface area contributed by atoms with E-state index in [-0.39, 0.29) is 40.6 Å². The predicted molar refractivity (Wildman–Crippen MR) is 221 cm³/mol. The Balaban J connectivity index is 0.814. The third-order valence-corrected chi connectivity index (χ3v) is 13.4. The highest BCUT2D eigenvalue weighted by Gasteiger charge is 2.51. The minimum Gasteiger partial charge on any atom is -0.480 e. The van der Waals surface area contributed by atoms with Crippen molar-refractivity contribution in [2.75, 3.05) is 40.5 Å². The molecule has 5 aromatic rings. The lowest BCUT2D eigenvalue weighted by Gasteiger charge is -2.55. The SMILES string of the molecule is C[C@@H]1CC2(CC[C@H]1Nc1ccc3c(C4CCC(=O)NC4=O)nn(C)c3c1)CN(c1ncc(Cl)c(Nc3ccc4c(c3)c3c(c(=O)n4C)OCC(F)(F)[C@H](C4CC4)N3)n1)C2. The van der Waals surface area contributed by atoms with Gasteiger partial charge in [-0.2, -0.15) is 10.1 Å². The first-order valence-corrected chi connectivity index (χ1v) is 20.7. The molecular formula is C42H45ClF2N10O4. The molecule has 3 aromatic heterocycles. The number of ether oxygens (including phenoxy) is 1. The van der Waals surface area contributed by atoms with Gasteiger partial charge in [-0.25, -0.2) is 13.8 Å². The minimum atomic E-state index is -3.13. The summed E-state index contributed by atoms with van der Waals surface area (Å²) in [5, 5.41) is 19.1. The molecule has 2 aliphatic carbocycles. The van der Waals surface area contributed by atoms with Crippen molar-refractivity contribution in [3.05, 3.63) is 63.7 Å². The van der Waals surface area contributed by atoms with Crippen LogP contribution in [0.1, 0.15) is 63.5 Å². The van der Waals surface area contributed by atoms with E-state index in [2.05, 4.69) is 50.2 Å². The molecule has 6 heterocycles. The fourth-order valence-corrected chi connectivity index (χ4v) is 10.0. The van der Waals surface area contributed by atoms with Gasteiger partial charge in [0.2, 0.25) is 23.5 Å². The molecule has 308 valence electrons. The van der Waals surface area contributed by atoms with Crippen LogP contribution in [0.5, 0.6) is 5.75 Å². The van der Waals surface area contributed by atoms with Crippen LogP contribution in [0.3, 0.4) is 0 Å². The van der Waals surface area contributed by atoms with Gasteiger partial charge in [-0.15, -0.1) is 0 Å². The van der Waals surface area contributed by atoms with Crippen molar-refractivity contribution < 1.29 is 23.1 Å². The van der Waals surface area contributed by atoms with Crippen molar-refractivity contribution in [3.8, 4) is 5.75 Å². The monoisotopic (exact) mass is 826 g/mol. The number of piperidine rings is 1. The molecule has 2 aromatic carbocycles. The molecule has 0 radical (unpaired) electrons. The van der Waals surface area contributed by atoms with Crippen molar-refractivity contribution in [1.29, 1.82) is 0 Å². The molecule has 14 nitrogen and oxygen atoms in total. The zero-order valence-electron chi connectivity index (χ0n) is 32.9. The topological polar surface area (TPSA) is 160 Å². The van der Waals surface area contributed by atoms with Gasteiger partial charge in [-0.3, -0.25) is 24.4 Å². The van der Waals surface area contributed by atoms with Gasteiger partial charge in [0.1, 0.15) is 5.02 Å². The second kappa shape index (κ2) is 13.8. The number of carbonyl (C=O) groups is 2. The van der Waals surface area contributed by atoms with Crippen LogP contribution < -0.4 is 36.5 Å². The van der Waals surface area contributed by atoms with Gasteiger partial charge in [-0.1, -0.05) is 18.5 Å². The first-order chi connectivity index (χ1) is 28.3. The number of pyridine rings is 1. The van der Waals surface area contributed by atoms with Crippen LogP contribution in [0.25, 0.3) is 21.8 Å². The smallest absolute Gasteiger partial charge is 0.301 e. The highest BCUT2D eigenvalue weighted by Crippen LogP contribution is 2.49. The Kier molecular flexibility index (Phi) is 8.82. The first-order valence-electron chi connectivity index (χ1n) is 20.3. The Morgan fingerprint density at radius 1 is 0.983 bits per heavy atom. The summed E-state index contributed by atoms with van der Waals surface area (Å²) < 4.78 is 39.1. The van der Waals surface area contributed by atoms with Gasteiger partial charge in [0.05, 0.1) is 40.6 Å².